The van der Waals surface area contributed by atoms with Crippen molar-refractivity contribution in [2.75, 3.05) is 18.6 Å². The number of ketones is 1. The van der Waals surface area contributed by atoms with Gasteiger partial charge in [0.05, 0.1) is 25.3 Å². The molecule has 1 atom stereocenters. The van der Waals surface area contributed by atoms with E-state index >= 15 is 0 Å². The van der Waals surface area contributed by atoms with Gasteiger partial charge in [-0.25, -0.2) is 0 Å². The predicted molar refractivity (Wildman–Crippen MR) is 145 cm³/mol. The second-order valence-electron chi connectivity index (χ2n) is 9.10. The number of aryl methyl sites for hydroxylation is 1. The Morgan fingerprint density at radius 2 is 1.79 bits per heavy atom. The van der Waals surface area contributed by atoms with Gasteiger partial charge in [0.15, 0.2) is 22.9 Å². The van der Waals surface area contributed by atoms with Crippen LogP contribution in [0.3, 0.4) is 0 Å². The van der Waals surface area contributed by atoms with E-state index in [0.29, 0.717) is 40.3 Å². The van der Waals surface area contributed by atoms with Gasteiger partial charge in [-0.1, -0.05) is 56.3 Å². The fourth-order valence-corrected chi connectivity index (χ4v) is 4.74. The molecule has 1 aromatic heterocycles. The second kappa shape index (κ2) is 10.5. The number of para-hydroxylation sites is 1. The summed E-state index contributed by atoms with van der Waals surface area (Å²) in [5.74, 6) is -0.748. The van der Waals surface area contributed by atoms with E-state index in [4.69, 9.17) is 13.9 Å². The van der Waals surface area contributed by atoms with Gasteiger partial charge in [0, 0.05) is 17.1 Å². The molecular formula is C31H29NO6. The lowest BCUT2D eigenvalue weighted by molar-refractivity contribution is -0.117. The molecule has 0 spiro atoms. The first-order valence-electron chi connectivity index (χ1n) is 12.7. The smallest absolute Gasteiger partial charge is 0.294 e. The molecule has 7 heteroatoms. The number of anilines is 1. The van der Waals surface area contributed by atoms with Crippen LogP contribution in [0.2, 0.25) is 0 Å². The summed E-state index contributed by atoms with van der Waals surface area (Å²) >= 11 is 0. The van der Waals surface area contributed by atoms with Crippen LogP contribution in [0.4, 0.5) is 5.69 Å². The maximum absolute atomic E-state index is 13.9. The minimum atomic E-state index is -0.863. The number of hydrogen-bond acceptors (Lipinski definition) is 6. The van der Waals surface area contributed by atoms with Crippen LogP contribution in [-0.2, 0) is 11.2 Å². The molecule has 0 fully saturated rings. The Morgan fingerprint density at radius 3 is 2.50 bits per heavy atom. The number of aliphatic hydroxyl groups is 1. The molecule has 1 N–H and O–H groups in total. The minimum Gasteiger partial charge on any atom is -0.503 e. The highest BCUT2D eigenvalue weighted by molar-refractivity contribution is 6.20. The lowest BCUT2D eigenvalue weighted by atomic mass is 9.94. The number of Topliss-reactive ketones (excluding diaryl/α,β-unsaturated/α-hetero) is 1. The van der Waals surface area contributed by atoms with E-state index in [1.807, 2.05) is 37.3 Å². The molecule has 4 aromatic rings. The molecule has 1 amide bonds. The summed E-state index contributed by atoms with van der Waals surface area (Å²) in [5.41, 5.74) is 2.69. The summed E-state index contributed by atoms with van der Waals surface area (Å²) in [6.45, 7) is 4.60. The average molecular weight is 512 g/mol. The molecule has 2 heterocycles. The number of nitrogens with zero attached hydrogens (tertiary/aromatic N) is 1. The van der Waals surface area contributed by atoms with Crippen LogP contribution >= 0.6 is 0 Å². The fourth-order valence-electron chi connectivity index (χ4n) is 4.74. The highest BCUT2D eigenvalue weighted by Gasteiger charge is 2.45. The molecule has 3 aromatic carbocycles. The first-order chi connectivity index (χ1) is 18.5. The number of carbonyl (C=O) groups excluding carboxylic acids is 2. The molecule has 1 unspecified atom stereocenters. The third kappa shape index (κ3) is 4.41. The van der Waals surface area contributed by atoms with Gasteiger partial charge in [0.25, 0.3) is 5.91 Å². The first-order valence-corrected chi connectivity index (χ1v) is 12.7. The highest BCUT2D eigenvalue weighted by atomic mass is 16.5. The van der Waals surface area contributed by atoms with Crippen molar-refractivity contribution in [3.8, 4) is 11.5 Å². The van der Waals surface area contributed by atoms with Crippen molar-refractivity contribution >= 4 is 28.3 Å². The van der Waals surface area contributed by atoms with E-state index in [0.717, 1.165) is 18.4 Å². The number of hydrogen-bond donors (Lipinski definition) is 1. The molecule has 5 rings (SSSR count). The highest BCUT2D eigenvalue weighted by Crippen LogP contribution is 2.43. The van der Waals surface area contributed by atoms with Gasteiger partial charge in [0.1, 0.15) is 5.75 Å². The van der Waals surface area contributed by atoms with E-state index in [1.54, 1.807) is 42.5 Å². The summed E-state index contributed by atoms with van der Waals surface area (Å²) in [7, 11) is 1.52. The number of amides is 1. The van der Waals surface area contributed by atoms with Crippen LogP contribution in [0.25, 0.3) is 11.0 Å². The van der Waals surface area contributed by atoms with Crippen LogP contribution < -0.4 is 14.4 Å². The van der Waals surface area contributed by atoms with Crippen molar-refractivity contribution in [1.29, 1.82) is 0 Å². The number of ether oxygens (including phenoxy) is 2. The molecule has 7 nitrogen and oxygen atoms in total. The molecule has 0 bridgehead atoms. The standard InChI is InChI=1S/C31H29NO6/c1-4-16-37-23-10-7-9-22(18-23)32-27(20-14-12-19(5-2)13-15-20)26(29(34)31(32)35)28(33)25-17-21-8-6-11-24(36-3)30(21)38-25/h6-15,17-18,27,34H,4-5,16H2,1-3H3. The zero-order valence-electron chi connectivity index (χ0n) is 21.6. The molecule has 38 heavy (non-hydrogen) atoms. The van der Waals surface area contributed by atoms with Crippen molar-refractivity contribution in [3.05, 3.63) is 101 Å². The largest absolute Gasteiger partial charge is 0.503 e. The Bertz CT molecular complexity index is 1530. The van der Waals surface area contributed by atoms with Gasteiger partial charge < -0.3 is 19.0 Å². The maximum Gasteiger partial charge on any atom is 0.294 e. The SMILES string of the molecule is CCCOc1cccc(N2C(=O)C(O)=C(C(=O)c3cc4cccc(OC)c4o3)C2c2ccc(CC)cc2)c1. The lowest BCUT2D eigenvalue weighted by Crippen LogP contribution is -2.31. The van der Waals surface area contributed by atoms with Crippen molar-refractivity contribution in [2.24, 2.45) is 0 Å². The van der Waals surface area contributed by atoms with Crippen molar-refractivity contribution in [2.45, 2.75) is 32.7 Å². The van der Waals surface area contributed by atoms with E-state index in [9.17, 15) is 14.7 Å². The Balaban J connectivity index is 1.62. The summed E-state index contributed by atoms with van der Waals surface area (Å²) in [4.78, 5) is 28.9. The van der Waals surface area contributed by atoms with Gasteiger partial charge in [-0.15, -0.1) is 0 Å². The number of carbonyl (C=O) groups is 2. The van der Waals surface area contributed by atoms with Crippen molar-refractivity contribution in [3.63, 3.8) is 0 Å². The summed E-state index contributed by atoms with van der Waals surface area (Å²) in [6, 6.07) is 20.9. The zero-order chi connectivity index (χ0) is 26.8. The van der Waals surface area contributed by atoms with Crippen LogP contribution in [0.1, 0.15) is 48.0 Å². The number of fused-ring (bicyclic) bond motifs is 1. The van der Waals surface area contributed by atoms with Crippen molar-refractivity contribution < 1.29 is 28.6 Å². The zero-order valence-corrected chi connectivity index (χ0v) is 21.6. The van der Waals surface area contributed by atoms with Gasteiger partial charge in [-0.05, 0) is 48.2 Å². The molecule has 0 aliphatic carbocycles. The second-order valence-corrected chi connectivity index (χ2v) is 9.10. The molecule has 0 saturated carbocycles. The van der Waals surface area contributed by atoms with E-state index in [1.165, 1.54) is 12.0 Å². The van der Waals surface area contributed by atoms with Crippen LogP contribution in [-0.4, -0.2) is 30.5 Å². The normalized spacial score (nSPS) is 15.4. The minimum absolute atomic E-state index is 0.0101. The molecule has 0 saturated heterocycles. The topological polar surface area (TPSA) is 89.2 Å². The van der Waals surface area contributed by atoms with Crippen LogP contribution in [0.15, 0.2) is 88.5 Å². The number of benzene rings is 3. The summed E-state index contributed by atoms with van der Waals surface area (Å²) in [5, 5.41) is 11.8. The van der Waals surface area contributed by atoms with Gasteiger partial charge in [-0.3, -0.25) is 14.5 Å². The van der Waals surface area contributed by atoms with Gasteiger partial charge >= 0.3 is 0 Å². The maximum atomic E-state index is 13.9. The molecule has 1 aliphatic rings. The monoisotopic (exact) mass is 511 g/mol. The predicted octanol–water partition coefficient (Wildman–Crippen LogP) is 6.58. The lowest BCUT2D eigenvalue weighted by Gasteiger charge is -2.27. The summed E-state index contributed by atoms with van der Waals surface area (Å²) in [6.07, 6.45) is 1.68. The third-order valence-electron chi connectivity index (χ3n) is 6.68. The molecule has 194 valence electrons. The quantitative estimate of drug-likeness (QED) is 0.256. The number of aliphatic hydroxyl groups excluding tert-OH is 1. The fraction of sp³-hybridized carbons (Fsp3) is 0.226. The first kappa shape index (κ1) is 25.1. The Labute approximate surface area is 220 Å². The number of furan rings is 1. The van der Waals surface area contributed by atoms with Crippen LogP contribution in [0, 0.1) is 0 Å². The van der Waals surface area contributed by atoms with Gasteiger partial charge in [0.2, 0.25) is 5.78 Å². The number of methoxy groups -OCH3 is 1. The Hall–Kier alpha value is -4.52. The van der Waals surface area contributed by atoms with Crippen LogP contribution in [0.5, 0.6) is 11.5 Å². The van der Waals surface area contributed by atoms with E-state index in [-0.39, 0.29) is 11.3 Å². The van der Waals surface area contributed by atoms with E-state index < -0.39 is 23.5 Å². The number of rotatable bonds is 9. The summed E-state index contributed by atoms with van der Waals surface area (Å²) < 4.78 is 17.1. The Kier molecular flexibility index (Phi) is 6.92. The molecule has 1 aliphatic heterocycles. The molecule has 0 radical (unpaired) electrons. The van der Waals surface area contributed by atoms with E-state index in [2.05, 4.69) is 6.92 Å². The average Bonchev–Trinajstić information content (AvgIpc) is 3.50. The Morgan fingerprint density at radius 1 is 1.03 bits per heavy atom. The van der Waals surface area contributed by atoms with Crippen molar-refractivity contribution in [1.82, 2.24) is 0 Å². The van der Waals surface area contributed by atoms with Gasteiger partial charge in [-0.2, -0.15) is 0 Å². The third-order valence-corrected chi connectivity index (χ3v) is 6.68. The molecular weight excluding hydrogens is 482 g/mol.